The molecule has 12 nitrogen and oxygen atoms in total. The van der Waals surface area contributed by atoms with E-state index in [1.54, 1.807) is 14.0 Å². The van der Waals surface area contributed by atoms with Crippen molar-refractivity contribution >= 4 is 23.8 Å². The summed E-state index contributed by atoms with van der Waals surface area (Å²) < 4.78 is 5.41. The number of nitrogens with two attached hydrogens (primary N) is 1. The number of benzene rings is 1. The highest BCUT2D eigenvalue weighted by molar-refractivity contribution is 6.01. The van der Waals surface area contributed by atoms with Crippen LogP contribution in [-0.2, 0) is 25.6 Å². The molecule has 0 spiro atoms. The van der Waals surface area contributed by atoms with Gasteiger partial charge < -0.3 is 26.4 Å². The van der Waals surface area contributed by atoms with Crippen molar-refractivity contribution in [1.29, 1.82) is 0 Å². The number of nitrogens with zero attached hydrogens (tertiary/aromatic N) is 1. The number of imide groups is 1. The molecular weight excluding hydrogens is 516 g/mol. The average molecular weight is 565 g/mol. The molecule has 3 unspecified atom stereocenters. The Bertz CT molecular complexity index is 984. The van der Waals surface area contributed by atoms with E-state index in [1.165, 1.54) is 20.0 Å². The summed E-state index contributed by atoms with van der Waals surface area (Å²) in [6.45, 7) is 9.49. The maximum atomic E-state index is 13.3. The molecule has 6 N–H and O–H groups in total. The summed E-state index contributed by atoms with van der Waals surface area (Å²) in [5.74, 6) is -1.76. The van der Waals surface area contributed by atoms with E-state index in [0.29, 0.717) is 12.2 Å². The number of methoxy groups -OCH3 is 1. The van der Waals surface area contributed by atoms with Gasteiger partial charge >= 0.3 is 6.03 Å². The van der Waals surface area contributed by atoms with E-state index in [0.717, 1.165) is 22.4 Å². The van der Waals surface area contributed by atoms with Gasteiger partial charge in [-0.1, -0.05) is 57.7 Å². The molecule has 0 aliphatic carbocycles. The molecule has 0 radical (unpaired) electrons. The highest BCUT2D eigenvalue weighted by atomic mass is 16.7. The number of amides is 5. The lowest BCUT2D eigenvalue weighted by Crippen LogP contribution is -2.58. The van der Waals surface area contributed by atoms with Gasteiger partial charge in [-0.15, -0.1) is 0 Å². The van der Waals surface area contributed by atoms with E-state index in [9.17, 15) is 19.2 Å². The van der Waals surface area contributed by atoms with E-state index < -0.39 is 48.0 Å². The van der Waals surface area contributed by atoms with Crippen LogP contribution in [0.15, 0.2) is 18.2 Å². The molecule has 1 aromatic carbocycles. The van der Waals surface area contributed by atoms with Gasteiger partial charge in [-0.25, -0.2) is 10.3 Å². The van der Waals surface area contributed by atoms with Gasteiger partial charge in [-0.05, 0) is 45.4 Å². The maximum absolute atomic E-state index is 13.3. The second-order valence-corrected chi connectivity index (χ2v) is 10.1. The van der Waals surface area contributed by atoms with Crippen molar-refractivity contribution in [3.05, 3.63) is 29.3 Å². The Balaban J connectivity index is 0.00000187. The summed E-state index contributed by atoms with van der Waals surface area (Å²) in [6, 6.07) is 3.66. The number of nitrogens with one attached hydrogen (secondary N) is 4. The predicted octanol–water partition coefficient (Wildman–Crippen LogP) is 1.75. The first kappa shape index (κ1) is 34.8. The molecule has 1 saturated heterocycles. The van der Waals surface area contributed by atoms with Gasteiger partial charge in [-0.3, -0.25) is 24.1 Å². The van der Waals surface area contributed by atoms with Gasteiger partial charge in [-0.2, -0.15) is 0 Å². The molecule has 0 saturated carbocycles. The summed E-state index contributed by atoms with van der Waals surface area (Å²) in [4.78, 5) is 57.5. The van der Waals surface area contributed by atoms with Crippen LogP contribution in [0.2, 0.25) is 0 Å². The lowest BCUT2D eigenvalue weighted by molar-refractivity contribution is -0.152. The Kier molecular flexibility index (Phi) is 15.2. The molecule has 5 amide bonds. The first-order valence-electron chi connectivity index (χ1n) is 13.9. The van der Waals surface area contributed by atoms with Gasteiger partial charge in [0.05, 0.1) is 13.0 Å². The van der Waals surface area contributed by atoms with E-state index >= 15 is 0 Å². The Hall–Kier alpha value is -3.22. The molecule has 0 aromatic heterocycles. The first-order valence-corrected chi connectivity index (χ1v) is 13.9. The van der Waals surface area contributed by atoms with Crippen LogP contribution in [0.25, 0.3) is 0 Å². The fourth-order valence-corrected chi connectivity index (χ4v) is 3.91. The largest absolute Gasteiger partial charge is 0.496 e. The minimum atomic E-state index is -1.09. The lowest BCUT2D eigenvalue weighted by atomic mass is 9.96. The van der Waals surface area contributed by atoms with Crippen LogP contribution in [0.5, 0.6) is 5.75 Å². The van der Waals surface area contributed by atoms with E-state index in [2.05, 4.69) is 35.3 Å². The van der Waals surface area contributed by atoms with Crippen LogP contribution in [0.4, 0.5) is 4.79 Å². The number of unbranched alkanes of at least 4 members (excludes halogenated alkanes) is 1. The van der Waals surface area contributed by atoms with E-state index in [-0.39, 0.29) is 19.5 Å². The molecule has 1 fully saturated rings. The van der Waals surface area contributed by atoms with Crippen molar-refractivity contribution in [3.63, 3.8) is 0 Å². The molecular formula is C28H48N6O6. The molecule has 1 aliphatic heterocycles. The number of carbonyl (C=O) groups is 4. The van der Waals surface area contributed by atoms with Crippen molar-refractivity contribution in [2.75, 3.05) is 33.8 Å². The van der Waals surface area contributed by atoms with Crippen molar-refractivity contribution in [2.45, 2.75) is 78.5 Å². The fourth-order valence-electron chi connectivity index (χ4n) is 3.91. The number of rotatable bonds is 12. The van der Waals surface area contributed by atoms with Crippen LogP contribution in [0, 0.1) is 12.8 Å². The topological polar surface area (TPSA) is 164 Å². The second kappa shape index (κ2) is 17.5. The zero-order valence-electron chi connectivity index (χ0n) is 25.0. The minimum Gasteiger partial charge on any atom is -0.496 e. The second-order valence-electron chi connectivity index (χ2n) is 10.1. The maximum Gasteiger partial charge on any atom is 0.325 e. The van der Waals surface area contributed by atoms with Crippen molar-refractivity contribution in [2.24, 2.45) is 11.7 Å². The molecule has 226 valence electrons. The van der Waals surface area contributed by atoms with Crippen LogP contribution < -0.4 is 31.9 Å². The van der Waals surface area contributed by atoms with Crippen molar-refractivity contribution < 1.29 is 28.8 Å². The van der Waals surface area contributed by atoms with Gasteiger partial charge in [0, 0.05) is 13.1 Å². The Labute approximate surface area is 238 Å². The molecule has 1 aliphatic rings. The standard InChI is InChI=1S/C24H38N6O6.C4H10/c1-6-9-24(3,25)36-29-21(32)18(13-26-4)28-23(34)30-14-20(31)27-12-17(22(30)33)11-16-10-15(2)7-8-19(16)35-5;1-3-4-2/h7-8,10,17-18,26H,6,9,11-14,25H2,1-5H3,(H,27,31)(H,28,34)(H,29,32);3-4H2,1-2H3. The monoisotopic (exact) mass is 564 g/mol. The number of urea groups is 1. The Morgan fingerprint density at radius 3 is 2.45 bits per heavy atom. The molecule has 3 atom stereocenters. The minimum absolute atomic E-state index is 0.0497. The van der Waals surface area contributed by atoms with E-state index in [1.807, 2.05) is 32.0 Å². The number of likely N-dealkylation sites (N-methyl/N-ethyl adjacent to an activating group) is 1. The Morgan fingerprint density at radius 2 is 1.88 bits per heavy atom. The summed E-state index contributed by atoms with van der Waals surface area (Å²) in [5, 5.41) is 8.01. The van der Waals surface area contributed by atoms with Gasteiger partial charge in [0.15, 0.2) is 0 Å². The third kappa shape index (κ3) is 11.5. The third-order valence-electron chi connectivity index (χ3n) is 6.26. The predicted molar refractivity (Wildman–Crippen MR) is 153 cm³/mol. The SMILES string of the molecule is CCCC.CCCC(C)(N)ONC(=O)C(CNC)NC(=O)N1CC(=O)NCC(Cc2cc(C)ccc2OC)C1=O. The Morgan fingerprint density at radius 1 is 1.20 bits per heavy atom. The lowest BCUT2D eigenvalue weighted by Gasteiger charge is -2.27. The zero-order chi connectivity index (χ0) is 30.3. The van der Waals surface area contributed by atoms with Crippen LogP contribution in [0.1, 0.15) is 64.5 Å². The van der Waals surface area contributed by atoms with Crippen LogP contribution >= 0.6 is 0 Å². The number of ether oxygens (including phenoxy) is 1. The number of carbonyl (C=O) groups excluding carboxylic acids is 4. The molecule has 1 heterocycles. The van der Waals surface area contributed by atoms with Crippen LogP contribution in [0.3, 0.4) is 0 Å². The van der Waals surface area contributed by atoms with Gasteiger partial charge in [0.1, 0.15) is 24.1 Å². The fraction of sp³-hybridized carbons (Fsp3) is 0.643. The molecule has 40 heavy (non-hydrogen) atoms. The quantitative estimate of drug-likeness (QED) is 0.189. The normalized spacial score (nSPS) is 17.4. The molecule has 0 bridgehead atoms. The molecule has 1 aromatic rings. The summed E-state index contributed by atoms with van der Waals surface area (Å²) in [6.07, 6.45) is 4.14. The average Bonchev–Trinajstić information content (AvgIpc) is 3.05. The first-order chi connectivity index (χ1) is 18.9. The van der Waals surface area contributed by atoms with Crippen molar-refractivity contribution in [1.82, 2.24) is 26.3 Å². The summed E-state index contributed by atoms with van der Waals surface area (Å²) in [5.41, 5.74) is 8.95. The highest BCUT2D eigenvalue weighted by Gasteiger charge is 2.36. The van der Waals surface area contributed by atoms with Gasteiger partial charge in [0.25, 0.3) is 5.91 Å². The zero-order valence-corrected chi connectivity index (χ0v) is 25.0. The van der Waals surface area contributed by atoms with E-state index in [4.69, 9.17) is 15.3 Å². The van der Waals surface area contributed by atoms with Crippen molar-refractivity contribution in [3.8, 4) is 5.75 Å². The highest BCUT2D eigenvalue weighted by Crippen LogP contribution is 2.24. The number of hydrogen-bond donors (Lipinski definition) is 5. The number of hydroxylamine groups is 1. The van der Waals surface area contributed by atoms with Gasteiger partial charge in [0.2, 0.25) is 11.8 Å². The van der Waals surface area contributed by atoms with Crippen LogP contribution in [-0.4, -0.2) is 74.2 Å². The molecule has 2 rings (SSSR count). The summed E-state index contributed by atoms with van der Waals surface area (Å²) >= 11 is 0. The third-order valence-corrected chi connectivity index (χ3v) is 6.26. The molecule has 12 heteroatoms. The number of aryl methyl sites for hydroxylation is 1. The smallest absolute Gasteiger partial charge is 0.325 e. The number of hydrogen-bond acceptors (Lipinski definition) is 8. The summed E-state index contributed by atoms with van der Waals surface area (Å²) in [7, 11) is 3.14.